The van der Waals surface area contributed by atoms with E-state index in [4.69, 9.17) is 0 Å². The third-order valence-electron chi connectivity index (χ3n) is 3.10. The van der Waals surface area contributed by atoms with Crippen molar-refractivity contribution >= 4 is 9.84 Å². The molecule has 0 saturated heterocycles. The predicted molar refractivity (Wildman–Crippen MR) is 75.1 cm³/mol. The Morgan fingerprint density at radius 3 is 2.24 bits per heavy atom. The first-order valence-corrected chi connectivity index (χ1v) is 8.44. The van der Waals surface area contributed by atoms with Crippen LogP contribution in [0.5, 0.6) is 0 Å². The van der Waals surface area contributed by atoms with Crippen LogP contribution in [0.1, 0.15) is 53.9 Å². The molecule has 0 amide bonds. The van der Waals surface area contributed by atoms with E-state index in [-0.39, 0.29) is 11.2 Å². The van der Waals surface area contributed by atoms with Crippen molar-refractivity contribution < 1.29 is 8.42 Å². The van der Waals surface area contributed by atoms with Crippen LogP contribution < -0.4 is 5.32 Å². The molecule has 17 heavy (non-hydrogen) atoms. The van der Waals surface area contributed by atoms with Gasteiger partial charge < -0.3 is 5.32 Å². The average Bonchev–Trinajstić information content (AvgIpc) is 2.16. The Balaban J connectivity index is 3.85. The lowest BCUT2D eigenvalue weighted by Gasteiger charge is -2.25. The maximum Gasteiger partial charge on any atom is 0.150 e. The summed E-state index contributed by atoms with van der Waals surface area (Å²) in [7, 11) is -2.79. The maximum atomic E-state index is 11.4. The number of rotatable bonds is 9. The fourth-order valence-corrected chi connectivity index (χ4v) is 2.61. The summed E-state index contributed by atoms with van der Waals surface area (Å²) in [6.07, 6.45) is 2.86. The molecular weight excluding hydrogens is 234 g/mol. The quantitative estimate of drug-likeness (QED) is 0.695. The van der Waals surface area contributed by atoms with Gasteiger partial charge in [-0.25, -0.2) is 8.42 Å². The van der Waals surface area contributed by atoms with E-state index in [0.29, 0.717) is 11.8 Å². The predicted octanol–water partition coefficient (Wildman–Crippen LogP) is 2.62. The Morgan fingerprint density at radius 2 is 1.76 bits per heavy atom. The molecule has 0 aliphatic carbocycles. The van der Waals surface area contributed by atoms with E-state index in [1.807, 2.05) is 0 Å². The van der Waals surface area contributed by atoms with Crippen LogP contribution in [-0.4, -0.2) is 32.5 Å². The molecule has 0 unspecified atom stereocenters. The molecule has 1 N–H and O–H groups in total. The Kier molecular flexibility index (Phi) is 7.33. The molecule has 4 heteroatoms. The van der Waals surface area contributed by atoms with Crippen LogP contribution in [0.2, 0.25) is 0 Å². The second-order valence-corrected chi connectivity index (χ2v) is 8.34. The normalized spacial score (nSPS) is 13.3. The highest BCUT2D eigenvalue weighted by molar-refractivity contribution is 7.91. The van der Waals surface area contributed by atoms with Gasteiger partial charge in [0.2, 0.25) is 0 Å². The first-order valence-electron chi connectivity index (χ1n) is 6.62. The Hall–Kier alpha value is -0.0900. The summed E-state index contributed by atoms with van der Waals surface area (Å²) in [5.41, 5.74) is 0.227. The number of hydrogen-bond acceptors (Lipinski definition) is 3. The topological polar surface area (TPSA) is 46.2 Å². The summed E-state index contributed by atoms with van der Waals surface area (Å²) in [5.74, 6) is 0.604. The fraction of sp³-hybridized carbons (Fsp3) is 1.00. The molecule has 0 heterocycles. The molecule has 0 fully saturated rings. The molecule has 104 valence electrons. The van der Waals surface area contributed by atoms with E-state index < -0.39 is 9.84 Å². The van der Waals surface area contributed by atoms with E-state index in [1.165, 1.54) is 0 Å². The van der Waals surface area contributed by atoms with Crippen molar-refractivity contribution in [3.63, 3.8) is 0 Å². The van der Waals surface area contributed by atoms with Gasteiger partial charge in [-0.2, -0.15) is 0 Å². The van der Waals surface area contributed by atoms with E-state index in [2.05, 4.69) is 33.0 Å². The van der Waals surface area contributed by atoms with Gasteiger partial charge >= 0.3 is 0 Å². The molecule has 0 bridgehead atoms. The van der Waals surface area contributed by atoms with Crippen LogP contribution in [0.15, 0.2) is 0 Å². The van der Waals surface area contributed by atoms with Gasteiger partial charge in [-0.05, 0) is 31.2 Å². The lowest BCUT2D eigenvalue weighted by atomic mass is 9.84. The summed E-state index contributed by atoms with van der Waals surface area (Å²) >= 11 is 0. The summed E-state index contributed by atoms with van der Waals surface area (Å²) in [6, 6.07) is 0.520. The van der Waals surface area contributed by atoms with Gasteiger partial charge in [-0.3, -0.25) is 0 Å². The van der Waals surface area contributed by atoms with Crippen molar-refractivity contribution in [3.05, 3.63) is 0 Å². The molecular formula is C13H29NO2S. The first-order chi connectivity index (χ1) is 7.68. The van der Waals surface area contributed by atoms with Gasteiger partial charge in [0.1, 0.15) is 9.84 Å². The number of sulfone groups is 1. The highest BCUT2D eigenvalue weighted by atomic mass is 32.2. The maximum absolute atomic E-state index is 11.4. The zero-order valence-electron chi connectivity index (χ0n) is 12.0. The van der Waals surface area contributed by atoms with E-state index in [0.717, 1.165) is 25.8 Å². The largest absolute Gasteiger partial charge is 0.315 e. The molecule has 0 rings (SSSR count). The molecule has 0 spiro atoms. The molecule has 0 aromatic carbocycles. The molecule has 0 aromatic heterocycles. The van der Waals surface area contributed by atoms with Crippen LogP contribution in [0.25, 0.3) is 0 Å². The Morgan fingerprint density at radius 1 is 1.18 bits per heavy atom. The standard InChI is InChI=1S/C13H29NO2S/c1-6-17(15,16)11-7-8-13(4,5)9-10-14-12(2)3/h12,14H,6-11H2,1-5H3. The Bertz CT molecular complexity index is 295. The van der Waals surface area contributed by atoms with Gasteiger partial charge in [-0.1, -0.05) is 34.6 Å². The monoisotopic (exact) mass is 263 g/mol. The van der Waals surface area contributed by atoms with Crippen molar-refractivity contribution in [1.82, 2.24) is 5.32 Å². The molecule has 0 radical (unpaired) electrons. The minimum absolute atomic E-state index is 0.227. The van der Waals surface area contributed by atoms with Crippen LogP contribution in [-0.2, 0) is 9.84 Å². The average molecular weight is 263 g/mol. The molecule has 0 saturated carbocycles. The van der Waals surface area contributed by atoms with Crippen molar-refractivity contribution in [2.75, 3.05) is 18.1 Å². The van der Waals surface area contributed by atoms with Crippen molar-refractivity contribution in [3.8, 4) is 0 Å². The second kappa shape index (κ2) is 7.37. The highest BCUT2D eigenvalue weighted by Crippen LogP contribution is 2.26. The summed E-state index contributed by atoms with van der Waals surface area (Å²) in [4.78, 5) is 0. The SMILES string of the molecule is CCS(=O)(=O)CCCC(C)(C)CCNC(C)C. The van der Waals surface area contributed by atoms with E-state index >= 15 is 0 Å². The van der Waals surface area contributed by atoms with Crippen molar-refractivity contribution in [1.29, 1.82) is 0 Å². The molecule has 0 atom stereocenters. The second-order valence-electron chi connectivity index (χ2n) is 5.86. The zero-order valence-corrected chi connectivity index (χ0v) is 12.9. The number of nitrogens with one attached hydrogen (secondary N) is 1. The van der Waals surface area contributed by atoms with Crippen molar-refractivity contribution in [2.45, 2.75) is 59.9 Å². The van der Waals surface area contributed by atoms with Gasteiger partial charge in [0, 0.05) is 11.8 Å². The molecule has 3 nitrogen and oxygen atoms in total. The lowest BCUT2D eigenvalue weighted by molar-refractivity contribution is 0.295. The lowest BCUT2D eigenvalue weighted by Crippen LogP contribution is -2.28. The minimum atomic E-state index is -2.79. The van der Waals surface area contributed by atoms with Gasteiger partial charge in [0.25, 0.3) is 0 Å². The fourth-order valence-electron chi connectivity index (χ4n) is 1.74. The van der Waals surface area contributed by atoms with Crippen LogP contribution in [0.3, 0.4) is 0 Å². The summed E-state index contributed by atoms with van der Waals surface area (Å²) in [6.45, 7) is 11.4. The summed E-state index contributed by atoms with van der Waals surface area (Å²) < 4.78 is 22.8. The third-order valence-corrected chi connectivity index (χ3v) is 4.89. The third kappa shape index (κ3) is 9.60. The van der Waals surface area contributed by atoms with Gasteiger partial charge in [-0.15, -0.1) is 0 Å². The summed E-state index contributed by atoms with van der Waals surface area (Å²) in [5, 5.41) is 3.40. The van der Waals surface area contributed by atoms with E-state index in [9.17, 15) is 8.42 Å². The zero-order chi connectivity index (χ0) is 13.5. The smallest absolute Gasteiger partial charge is 0.150 e. The van der Waals surface area contributed by atoms with Crippen LogP contribution in [0, 0.1) is 5.41 Å². The highest BCUT2D eigenvalue weighted by Gasteiger charge is 2.18. The first kappa shape index (κ1) is 16.9. The molecule has 0 aliphatic rings. The molecule has 0 aromatic rings. The van der Waals surface area contributed by atoms with Crippen LogP contribution >= 0.6 is 0 Å². The van der Waals surface area contributed by atoms with Gasteiger partial charge in [0.15, 0.2) is 0 Å². The van der Waals surface area contributed by atoms with E-state index in [1.54, 1.807) is 6.92 Å². The number of hydrogen-bond donors (Lipinski definition) is 1. The molecule has 0 aliphatic heterocycles. The minimum Gasteiger partial charge on any atom is -0.315 e. The Labute approximate surface area is 107 Å². The van der Waals surface area contributed by atoms with Gasteiger partial charge in [0.05, 0.1) is 5.75 Å². The van der Waals surface area contributed by atoms with Crippen LogP contribution in [0.4, 0.5) is 0 Å². The van der Waals surface area contributed by atoms with Crippen molar-refractivity contribution in [2.24, 2.45) is 5.41 Å².